The summed E-state index contributed by atoms with van der Waals surface area (Å²) in [6, 6.07) is 6.31. The van der Waals surface area contributed by atoms with Gasteiger partial charge in [-0.05, 0) is 48.7 Å². The van der Waals surface area contributed by atoms with Gasteiger partial charge in [0.2, 0.25) is 11.7 Å². The molecule has 11 heteroatoms. The Morgan fingerprint density at radius 2 is 1.98 bits per heavy atom. The number of hydrogen-bond acceptors (Lipinski definition) is 7. The second kappa shape index (κ2) is 10.2. The van der Waals surface area contributed by atoms with Crippen LogP contribution in [0.4, 0.5) is 14.5 Å². The number of aryl methyl sites for hydroxylation is 1. The first-order valence-electron chi connectivity index (χ1n) is 13.7. The minimum absolute atomic E-state index is 0.0305. The van der Waals surface area contributed by atoms with Crippen LogP contribution in [-0.4, -0.2) is 62.7 Å². The van der Waals surface area contributed by atoms with Gasteiger partial charge in [-0.2, -0.15) is 0 Å². The fourth-order valence-electron chi connectivity index (χ4n) is 5.88. The minimum atomic E-state index is -0.884. The molecule has 1 atom stereocenters. The molecular formula is C31H29F2N5O4. The number of anilines is 1. The first kappa shape index (κ1) is 27.4. The Morgan fingerprint density at radius 1 is 1.19 bits per heavy atom. The van der Waals surface area contributed by atoms with Crippen molar-refractivity contribution >= 4 is 22.6 Å². The Labute approximate surface area is 240 Å². The summed E-state index contributed by atoms with van der Waals surface area (Å²) in [5.41, 5.74) is 0.858. The Balaban J connectivity index is 1.69. The summed E-state index contributed by atoms with van der Waals surface area (Å²) in [5, 5.41) is 10.8. The summed E-state index contributed by atoms with van der Waals surface area (Å²) >= 11 is 0. The van der Waals surface area contributed by atoms with Gasteiger partial charge >= 0.3 is 5.56 Å². The number of carbonyl (C=O) groups excluding carboxylic acids is 1. The average molecular weight is 574 g/mol. The average Bonchev–Trinajstić information content (AvgIpc) is 2.97. The molecule has 1 fully saturated rings. The molecule has 1 saturated heterocycles. The van der Waals surface area contributed by atoms with Gasteiger partial charge in [-0.1, -0.05) is 26.5 Å². The third kappa shape index (κ3) is 4.18. The molecule has 1 N–H and O–H groups in total. The highest BCUT2D eigenvalue weighted by Gasteiger charge is 2.38. The molecule has 6 rings (SSSR count). The number of aromatic hydroxyl groups is 1. The van der Waals surface area contributed by atoms with Crippen molar-refractivity contribution < 1.29 is 23.4 Å². The number of piperazine rings is 1. The maximum absolute atomic E-state index is 15.9. The second-order valence-corrected chi connectivity index (χ2v) is 10.8. The van der Waals surface area contributed by atoms with Crippen LogP contribution in [0.15, 0.2) is 54.0 Å². The summed E-state index contributed by atoms with van der Waals surface area (Å²) in [6.07, 6.45) is 2.91. The summed E-state index contributed by atoms with van der Waals surface area (Å²) in [4.78, 5) is 39.4. The highest BCUT2D eigenvalue weighted by Crippen LogP contribution is 2.42. The lowest BCUT2D eigenvalue weighted by Gasteiger charge is -2.45. The standard InChI is InChI=1S/C31H29F2N5O4/c1-5-23(40)36-11-12-37-18(14-36)15-42-29-28(37)19-13-21(33)26(24-20(32)7-6-8-22(24)39)35-30(19)38(31(29)41)27-17(4)9-10-34-25(27)16(2)3/h5-10,13,16,18,39H,1,11-12,14-15H2,2-4H3/t18-/m1/s1. The van der Waals surface area contributed by atoms with Crippen LogP contribution in [0.1, 0.15) is 31.0 Å². The first-order valence-corrected chi connectivity index (χ1v) is 13.7. The minimum Gasteiger partial charge on any atom is -0.507 e. The molecule has 5 heterocycles. The van der Waals surface area contributed by atoms with Gasteiger partial charge in [0.05, 0.1) is 28.7 Å². The maximum atomic E-state index is 15.9. The van der Waals surface area contributed by atoms with Crippen molar-refractivity contribution in [3.05, 3.63) is 82.4 Å². The van der Waals surface area contributed by atoms with Crippen LogP contribution in [0.3, 0.4) is 0 Å². The van der Waals surface area contributed by atoms with E-state index in [9.17, 15) is 19.1 Å². The van der Waals surface area contributed by atoms with Crippen molar-refractivity contribution in [3.63, 3.8) is 0 Å². The third-order valence-corrected chi connectivity index (χ3v) is 7.86. The molecule has 0 bridgehead atoms. The summed E-state index contributed by atoms with van der Waals surface area (Å²) < 4.78 is 38.3. The van der Waals surface area contributed by atoms with Crippen LogP contribution in [0.2, 0.25) is 0 Å². The predicted octanol–water partition coefficient (Wildman–Crippen LogP) is 4.46. The van der Waals surface area contributed by atoms with Crippen molar-refractivity contribution in [2.75, 3.05) is 31.1 Å². The number of pyridine rings is 3. The predicted molar refractivity (Wildman–Crippen MR) is 154 cm³/mol. The highest BCUT2D eigenvalue weighted by atomic mass is 19.1. The van der Waals surface area contributed by atoms with E-state index in [1.165, 1.54) is 28.8 Å². The third-order valence-electron chi connectivity index (χ3n) is 7.86. The number of carbonyl (C=O) groups is 1. The number of halogens is 2. The summed E-state index contributed by atoms with van der Waals surface area (Å²) in [7, 11) is 0. The van der Waals surface area contributed by atoms with E-state index in [-0.39, 0.29) is 41.3 Å². The molecule has 3 aromatic heterocycles. The number of nitrogens with zero attached hydrogens (tertiary/aromatic N) is 5. The van der Waals surface area contributed by atoms with Crippen molar-refractivity contribution in [3.8, 4) is 28.4 Å². The molecular weight excluding hydrogens is 544 g/mol. The second-order valence-electron chi connectivity index (χ2n) is 10.8. The van der Waals surface area contributed by atoms with E-state index in [2.05, 4.69) is 16.5 Å². The molecule has 0 radical (unpaired) electrons. The molecule has 9 nitrogen and oxygen atoms in total. The van der Waals surface area contributed by atoms with E-state index in [4.69, 9.17) is 4.74 Å². The van der Waals surface area contributed by atoms with Gasteiger partial charge in [0.25, 0.3) is 0 Å². The van der Waals surface area contributed by atoms with E-state index in [1.807, 2.05) is 25.7 Å². The topological polar surface area (TPSA) is 101 Å². The lowest BCUT2D eigenvalue weighted by molar-refractivity contribution is -0.127. The lowest BCUT2D eigenvalue weighted by atomic mass is 10.0. The fraction of sp³-hybridized carbons (Fsp3) is 0.290. The van der Waals surface area contributed by atoms with Gasteiger partial charge in [-0.3, -0.25) is 19.1 Å². The molecule has 0 saturated carbocycles. The zero-order valence-electron chi connectivity index (χ0n) is 23.4. The molecule has 1 aromatic carbocycles. The van der Waals surface area contributed by atoms with Crippen molar-refractivity contribution in [1.82, 2.24) is 19.4 Å². The number of benzene rings is 1. The van der Waals surface area contributed by atoms with Crippen LogP contribution in [0.25, 0.3) is 28.0 Å². The largest absolute Gasteiger partial charge is 0.507 e. The van der Waals surface area contributed by atoms with Crippen LogP contribution in [0, 0.1) is 18.6 Å². The first-order chi connectivity index (χ1) is 20.1. The highest BCUT2D eigenvalue weighted by molar-refractivity contribution is 5.96. The Bertz CT molecular complexity index is 1820. The number of ether oxygens (including phenoxy) is 1. The van der Waals surface area contributed by atoms with Crippen LogP contribution >= 0.6 is 0 Å². The monoisotopic (exact) mass is 573 g/mol. The van der Waals surface area contributed by atoms with Crippen LogP contribution in [-0.2, 0) is 4.79 Å². The zero-order valence-corrected chi connectivity index (χ0v) is 23.4. The molecule has 0 spiro atoms. The molecule has 2 aliphatic heterocycles. The Morgan fingerprint density at radius 3 is 2.69 bits per heavy atom. The quantitative estimate of drug-likeness (QED) is 0.360. The molecule has 216 valence electrons. The number of amides is 1. The number of hydrogen-bond donors (Lipinski definition) is 1. The Hall–Kier alpha value is -4.80. The van der Waals surface area contributed by atoms with Gasteiger partial charge in [0.15, 0.2) is 11.5 Å². The maximum Gasteiger partial charge on any atom is 0.301 e. The van der Waals surface area contributed by atoms with Crippen LogP contribution in [0.5, 0.6) is 11.5 Å². The normalized spacial score (nSPS) is 16.3. The van der Waals surface area contributed by atoms with Gasteiger partial charge in [-0.25, -0.2) is 13.8 Å². The lowest BCUT2D eigenvalue weighted by Crippen LogP contribution is -2.58. The number of phenolic OH excluding ortho intramolecular Hbond substituents is 1. The Kier molecular flexibility index (Phi) is 6.67. The van der Waals surface area contributed by atoms with E-state index >= 15 is 4.39 Å². The molecule has 1 amide bonds. The fourth-order valence-corrected chi connectivity index (χ4v) is 5.88. The van der Waals surface area contributed by atoms with Crippen molar-refractivity contribution in [2.24, 2.45) is 0 Å². The van der Waals surface area contributed by atoms with Crippen molar-refractivity contribution in [2.45, 2.75) is 32.7 Å². The van der Waals surface area contributed by atoms with E-state index in [1.54, 1.807) is 17.2 Å². The summed E-state index contributed by atoms with van der Waals surface area (Å²) in [5.74, 6) is -2.50. The van der Waals surface area contributed by atoms with Gasteiger partial charge in [-0.15, -0.1) is 0 Å². The smallest absolute Gasteiger partial charge is 0.301 e. The molecule has 4 aromatic rings. The number of aromatic nitrogens is 3. The van der Waals surface area contributed by atoms with Crippen LogP contribution < -0.4 is 15.2 Å². The molecule has 0 unspecified atom stereocenters. The number of rotatable bonds is 4. The number of fused-ring (bicyclic) bond motifs is 5. The van der Waals surface area contributed by atoms with E-state index in [0.29, 0.717) is 36.7 Å². The molecule has 2 aliphatic rings. The number of phenols is 1. The molecule has 42 heavy (non-hydrogen) atoms. The van der Waals surface area contributed by atoms with E-state index in [0.717, 1.165) is 11.6 Å². The van der Waals surface area contributed by atoms with E-state index < -0.39 is 34.2 Å². The van der Waals surface area contributed by atoms with Gasteiger partial charge in [0, 0.05) is 31.2 Å². The van der Waals surface area contributed by atoms with Crippen molar-refractivity contribution in [1.29, 1.82) is 0 Å². The zero-order chi connectivity index (χ0) is 29.9. The van der Waals surface area contributed by atoms with Gasteiger partial charge < -0.3 is 19.6 Å². The van der Waals surface area contributed by atoms with Gasteiger partial charge in [0.1, 0.15) is 23.9 Å². The summed E-state index contributed by atoms with van der Waals surface area (Å²) in [6.45, 7) is 10.5. The molecule has 0 aliphatic carbocycles. The SMILES string of the molecule is C=CC(=O)N1CCN2c3c(c(=O)n(-c4c(C)ccnc4C(C)C)c4nc(-c5c(O)cccc5F)c(F)cc34)OC[C@H]2C1.